The van der Waals surface area contributed by atoms with Gasteiger partial charge in [-0.3, -0.25) is 9.69 Å². The number of ketones is 1. The number of rotatable bonds is 6. The Morgan fingerprint density at radius 2 is 1.80 bits per heavy atom. The molecule has 6 nitrogen and oxygen atoms in total. The van der Waals surface area contributed by atoms with E-state index >= 15 is 0 Å². The minimum atomic E-state index is -0.973. The number of nitrogens with zero attached hydrogens (tertiary/aromatic N) is 2. The number of amides is 1. The molecule has 2 rings (SSSR count). The van der Waals surface area contributed by atoms with Crippen molar-refractivity contribution in [3.05, 3.63) is 59.5 Å². The highest BCUT2D eigenvalue weighted by molar-refractivity contribution is 6.00. The van der Waals surface area contributed by atoms with Gasteiger partial charge in [0.25, 0.3) is 0 Å². The van der Waals surface area contributed by atoms with Crippen LogP contribution in [0.5, 0.6) is 0 Å². The molecule has 2 atom stereocenters. The van der Waals surface area contributed by atoms with Crippen LogP contribution in [0.25, 0.3) is 0 Å². The number of carbonyl (C=O) groups excluding carboxylic acids is 2. The molecule has 1 heterocycles. The van der Waals surface area contributed by atoms with Crippen molar-refractivity contribution in [2.24, 2.45) is 5.73 Å². The molecule has 0 fully saturated rings. The van der Waals surface area contributed by atoms with Gasteiger partial charge in [0.15, 0.2) is 5.78 Å². The quantitative estimate of drug-likeness (QED) is 0.638. The second-order valence-electron chi connectivity index (χ2n) is 7.90. The molecule has 2 aromatic rings. The number of anilines is 1. The maximum atomic E-state index is 13.1. The Labute approximate surface area is 183 Å². The summed E-state index contributed by atoms with van der Waals surface area (Å²) in [5.41, 5.74) is 6.31. The van der Waals surface area contributed by atoms with Crippen molar-refractivity contribution in [1.82, 2.24) is 4.98 Å². The number of hydrogen-bond donors (Lipinski definition) is 1. The lowest BCUT2D eigenvalue weighted by atomic mass is 9.99. The molecule has 0 aliphatic rings. The molecule has 2 unspecified atom stereocenters. The summed E-state index contributed by atoms with van der Waals surface area (Å²) in [6.45, 7) is 9.22. The van der Waals surface area contributed by atoms with Crippen molar-refractivity contribution in [3.8, 4) is 0 Å². The van der Waals surface area contributed by atoms with Gasteiger partial charge in [0, 0.05) is 17.8 Å². The van der Waals surface area contributed by atoms with E-state index in [0.29, 0.717) is 23.4 Å². The molecule has 8 heteroatoms. The number of hydrogen-bond acceptors (Lipinski definition) is 5. The highest BCUT2D eigenvalue weighted by atomic mass is 35.5. The smallest absolute Gasteiger partial charge is 0.416 e. The zero-order chi connectivity index (χ0) is 21.8. The first-order valence-corrected chi connectivity index (χ1v) is 9.57. The van der Waals surface area contributed by atoms with E-state index in [1.165, 1.54) is 35.4 Å². The zero-order valence-corrected chi connectivity index (χ0v) is 18.7. The summed E-state index contributed by atoms with van der Waals surface area (Å²) >= 11 is 0. The number of Topliss-reactive ketones (excluding diaryl/α,β-unsaturated/α-hetero) is 1. The standard InChI is InChI=1S/C22H28FN3O3.ClH/c1-6-14(2)26(21(28)29-22(3,4)5)18-13-16(11-12-25-18)19(24)20(27)15-7-9-17(23)10-8-15;/h7-14,19H,6,24H2,1-5H3;1H. The van der Waals surface area contributed by atoms with Gasteiger partial charge in [-0.05, 0) is 76.1 Å². The molecule has 1 aromatic carbocycles. The fourth-order valence-corrected chi connectivity index (χ4v) is 2.70. The minimum Gasteiger partial charge on any atom is -0.443 e. The van der Waals surface area contributed by atoms with Crippen LogP contribution in [0.1, 0.15) is 63.0 Å². The molecule has 1 amide bonds. The number of halogens is 2. The Morgan fingerprint density at radius 1 is 1.20 bits per heavy atom. The summed E-state index contributed by atoms with van der Waals surface area (Å²) in [6.07, 6.45) is 1.67. The van der Waals surface area contributed by atoms with Crippen molar-refractivity contribution in [1.29, 1.82) is 0 Å². The molecule has 30 heavy (non-hydrogen) atoms. The fraction of sp³-hybridized carbons (Fsp3) is 0.409. The lowest BCUT2D eigenvalue weighted by molar-refractivity contribution is 0.0565. The lowest BCUT2D eigenvalue weighted by Crippen LogP contribution is -2.42. The Kier molecular flexibility index (Phi) is 8.93. The number of nitrogens with two attached hydrogens (primary N) is 1. The average Bonchev–Trinajstić information content (AvgIpc) is 2.66. The molecule has 0 spiro atoms. The summed E-state index contributed by atoms with van der Waals surface area (Å²) in [5, 5.41) is 0. The normalized spacial score (nSPS) is 13.0. The molecular weight excluding hydrogens is 409 g/mol. The molecule has 1 aromatic heterocycles. The molecule has 0 radical (unpaired) electrons. The molecule has 0 aliphatic carbocycles. The van der Waals surface area contributed by atoms with Crippen LogP contribution in [0.4, 0.5) is 15.0 Å². The molecule has 0 aliphatic heterocycles. The Bertz CT molecular complexity index is 869. The Morgan fingerprint density at radius 3 is 2.33 bits per heavy atom. The van der Waals surface area contributed by atoms with Crippen LogP contribution in [0.15, 0.2) is 42.6 Å². The number of carbonyl (C=O) groups is 2. The van der Waals surface area contributed by atoms with Gasteiger partial charge >= 0.3 is 6.09 Å². The summed E-state index contributed by atoms with van der Waals surface area (Å²) in [4.78, 5) is 31.2. The number of ether oxygens (including phenoxy) is 1. The molecule has 0 saturated heterocycles. The van der Waals surface area contributed by atoms with E-state index in [1.807, 2.05) is 13.8 Å². The summed E-state index contributed by atoms with van der Waals surface area (Å²) in [7, 11) is 0. The van der Waals surface area contributed by atoms with Crippen LogP contribution in [0.2, 0.25) is 0 Å². The highest BCUT2D eigenvalue weighted by Crippen LogP contribution is 2.24. The number of benzene rings is 1. The Balaban J connectivity index is 0.00000450. The Hall–Kier alpha value is -2.51. The third-order valence-corrected chi connectivity index (χ3v) is 4.41. The third-order valence-electron chi connectivity index (χ3n) is 4.41. The first kappa shape index (κ1) is 25.5. The van der Waals surface area contributed by atoms with Crippen LogP contribution >= 0.6 is 12.4 Å². The second-order valence-corrected chi connectivity index (χ2v) is 7.90. The summed E-state index contributed by atoms with van der Waals surface area (Å²) < 4.78 is 18.6. The van der Waals surface area contributed by atoms with Crippen molar-refractivity contribution in [2.75, 3.05) is 4.90 Å². The summed E-state index contributed by atoms with van der Waals surface area (Å²) in [6, 6.07) is 7.31. The molecule has 164 valence electrons. The molecule has 0 bridgehead atoms. The van der Waals surface area contributed by atoms with Crippen LogP contribution in [-0.2, 0) is 4.74 Å². The van der Waals surface area contributed by atoms with Gasteiger partial charge in [-0.2, -0.15) is 0 Å². The van der Waals surface area contributed by atoms with Crippen molar-refractivity contribution in [3.63, 3.8) is 0 Å². The third kappa shape index (κ3) is 6.50. The first-order valence-electron chi connectivity index (χ1n) is 9.57. The molecular formula is C22H29ClFN3O3. The first-order chi connectivity index (χ1) is 13.5. The zero-order valence-electron chi connectivity index (χ0n) is 17.9. The minimum absolute atomic E-state index is 0. The van der Waals surface area contributed by atoms with E-state index in [4.69, 9.17) is 10.5 Å². The van der Waals surface area contributed by atoms with Crippen molar-refractivity contribution in [2.45, 2.75) is 58.7 Å². The monoisotopic (exact) mass is 437 g/mol. The highest BCUT2D eigenvalue weighted by Gasteiger charge is 2.28. The van der Waals surface area contributed by atoms with Gasteiger partial charge in [-0.15, -0.1) is 12.4 Å². The van der Waals surface area contributed by atoms with Gasteiger partial charge in [0.05, 0.1) is 6.04 Å². The van der Waals surface area contributed by atoms with Crippen LogP contribution in [0, 0.1) is 5.82 Å². The van der Waals surface area contributed by atoms with Crippen LogP contribution < -0.4 is 10.6 Å². The van der Waals surface area contributed by atoms with E-state index < -0.39 is 23.6 Å². The van der Waals surface area contributed by atoms with Crippen molar-refractivity contribution >= 4 is 30.1 Å². The lowest BCUT2D eigenvalue weighted by Gasteiger charge is -2.31. The summed E-state index contributed by atoms with van der Waals surface area (Å²) in [5.74, 6) is -0.425. The van der Waals surface area contributed by atoms with Crippen LogP contribution in [-0.4, -0.2) is 28.5 Å². The predicted molar refractivity (Wildman–Crippen MR) is 118 cm³/mol. The maximum Gasteiger partial charge on any atom is 0.416 e. The largest absolute Gasteiger partial charge is 0.443 e. The number of pyridine rings is 1. The maximum absolute atomic E-state index is 13.1. The molecule has 0 saturated carbocycles. The van der Waals surface area contributed by atoms with Gasteiger partial charge in [0.1, 0.15) is 17.2 Å². The predicted octanol–water partition coefficient (Wildman–Crippen LogP) is 5.07. The van der Waals surface area contributed by atoms with Gasteiger partial charge in [-0.1, -0.05) is 6.92 Å². The van der Waals surface area contributed by atoms with E-state index in [9.17, 15) is 14.0 Å². The SMILES string of the molecule is CCC(C)N(C(=O)OC(C)(C)C)c1cc(C(N)C(=O)c2ccc(F)cc2)ccn1.Cl. The number of aromatic nitrogens is 1. The molecule has 2 N–H and O–H groups in total. The fourth-order valence-electron chi connectivity index (χ4n) is 2.70. The topological polar surface area (TPSA) is 85.5 Å². The van der Waals surface area contributed by atoms with Gasteiger partial charge < -0.3 is 10.5 Å². The average molecular weight is 438 g/mol. The van der Waals surface area contributed by atoms with Gasteiger partial charge in [-0.25, -0.2) is 14.2 Å². The van der Waals surface area contributed by atoms with Gasteiger partial charge in [0.2, 0.25) is 0 Å². The van der Waals surface area contributed by atoms with E-state index in [0.717, 1.165) is 0 Å². The van der Waals surface area contributed by atoms with Crippen molar-refractivity contribution < 1.29 is 18.7 Å². The van der Waals surface area contributed by atoms with E-state index in [-0.39, 0.29) is 24.2 Å². The van der Waals surface area contributed by atoms with Crippen LogP contribution in [0.3, 0.4) is 0 Å². The van der Waals surface area contributed by atoms with E-state index in [2.05, 4.69) is 4.98 Å². The van der Waals surface area contributed by atoms with E-state index in [1.54, 1.807) is 32.9 Å². The second kappa shape index (κ2) is 10.5.